The molecule has 0 saturated heterocycles. The van der Waals surface area contributed by atoms with Crippen molar-refractivity contribution in [2.75, 3.05) is 12.4 Å². The summed E-state index contributed by atoms with van der Waals surface area (Å²) in [5, 5.41) is 11.7. The van der Waals surface area contributed by atoms with Gasteiger partial charge in [0.05, 0.1) is 12.3 Å². The van der Waals surface area contributed by atoms with Crippen LogP contribution in [0, 0.1) is 6.92 Å². The van der Waals surface area contributed by atoms with Crippen LogP contribution in [0.1, 0.15) is 32.1 Å². The summed E-state index contributed by atoms with van der Waals surface area (Å²) in [5.74, 6) is -1.49. The third-order valence-electron chi connectivity index (χ3n) is 2.91. The largest absolute Gasteiger partial charge is 0.477 e. The average molecular weight is 288 g/mol. The Morgan fingerprint density at radius 2 is 2.10 bits per heavy atom. The third kappa shape index (κ3) is 3.49. The number of hydrogen-bond donors (Lipinski definition) is 3. The van der Waals surface area contributed by atoms with Gasteiger partial charge in [-0.25, -0.2) is 4.79 Å². The molecular weight excluding hydrogens is 272 g/mol. The number of methoxy groups -OCH3 is 1. The summed E-state index contributed by atoms with van der Waals surface area (Å²) in [6.45, 7) is 2.13. The molecule has 1 aromatic heterocycles. The second-order valence-electron chi connectivity index (χ2n) is 4.63. The number of benzene rings is 1. The zero-order valence-corrected chi connectivity index (χ0v) is 11.8. The van der Waals surface area contributed by atoms with Crippen molar-refractivity contribution in [2.45, 2.75) is 13.5 Å². The number of aromatic nitrogens is 1. The van der Waals surface area contributed by atoms with E-state index in [0.29, 0.717) is 17.9 Å². The highest BCUT2D eigenvalue weighted by atomic mass is 16.5. The SMILES string of the molecule is COCc1cccc(C(=O)Nc2cc(C)[nH]c2C(=O)O)c1. The molecule has 2 aromatic rings. The van der Waals surface area contributed by atoms with E-state index in [0.717, 1.165) is 5.56 Å². The van der Waals surface area contributed by atoms with Gasteiger partial charge in [0.15, 0.2) is 0 Å². The van der Waals surface area contributed by atoms with Crippen LogP contribution in [0.3, 0.4) is 0 Å². The minimum atomic E-state index is -1.12. The number of ether oxygens (including phenoxy) is 1. The number of carboxylic acid groups (broad SMARTS) is 1. The molecule has 0 aliphatic heterocycles. The van der Waals surface area contributed by atoms with Crippen molar-refractivity contribution < 1.29 is 19.4 Å². The lowest BCUT2D eigenvalue weighted by molar-refractivity contribution is 0.0692. The van der Waals surface area contributed by atoms with Gasteiger partial charge in [-0.15, -0.1) is 0 Å². The number of H-pyrrole nitrogens is 1. The van der Waals surface area contributed by atoms with Gasteiger partial charge in [-0.05, 0) is 30.7 Å². The molecule has 6 nitrogen and oxygen atoms in total. The van der Waals surface area contributed by atoms with Crippen molar-refractivity contribution in [2.24, 2.45) is 0 Å². The van der Waals surface area contributed by atoms with E-state index >= 15 is 0 Å². The highest BCUT2D eigenvalue weighted by Gasteiger charge is 2.16. The van der Waals surface area contributed by atoms with Crippen molar-refractivity contribution in [3.8, 4) is 0 Å². The molecule has 3 N–H and O–H groups in total. The summed E-state index contributed by atoms with van der Waals surface area (Å²) in [6, 6.07) is 8.56. The molecule has 0 fully saturated rings. The van der Waals surface area contributed by atoms with Gasteiger partial charge in [-0.2, -0.15) is 0 Å². The van der Waals surface area contributed by atoms with Gasteiger partial charge in [-0.1, -0.05) is 12.1 Å². The molecule has 0 radical (unpaired) electrons. The fourth-order valence-corrected chi connectivity index (χ4v) is 2.02. The molecule has 110 valence electrons. The number of nitrogens with one attached hydrogen (secondary N) is 2. The first-order valence-electron chi connectivity index (χ1n) is 6.33. The second-order valence-corrected chi connectivity index (χ2v) is 4.63. The minimum absolute atomic E-state index is 0.0334. The molecule has 21 heavy (non-hydrogen) atoms. The molecule has 1 heterocycles. The van der Waals surface area contributed by atoms with E-state index in [9.17, 15) is 9.59 Å². The Labute approximate surface area is 121 Å². The van der Waals surface area contributed by atoms with Crippen LogP contribution in [0.15, 0.2) is 30.3 Å². The van der Waals surface area contributed by atoms with Gasteiger partial charge in [0.1, 0.15) is 5.69 Å². The molecule has 0 aliphatic carbocycles. The summed E-state index contributed by atoms with van der Waals surface area (Å²) in [5.41, 5.74) is 2.19. The summed E-state index contributed by atoms with van der Waals surface area (Å²) in [6.07, 6.45) is 0. The van der Waals surface area contributed by atoms with Crippen LogP contribution < -0.4 is 5.32 Å². The summed E-state index contributed by atoms with van der Waals surface area (Å²) >= 11 is 0. The van der Waals surface area contributed by atoms with E-state index in [4.69, 9.17) is 9.84 Å². The molecule has 0 unspecified atom stereocenters. The lowest BCUT2D eigenvalue weighted by Crippen LogP contribution is -2.14. The lowest BCUT2D eigenvalue weighted by Gasteiger charge is -2.06. The number of carboxylic acids is 1. The molecule has 1 amide bonds. The molecule has 0 atom stereocenters. The maximum absolute atomic E-state index is 12.2. The molecule has 0 aliphatic rings. The normalized spacial score (nSPS) is 10.4. The number of aromatic carboxylic acids is 1. The van der Waals surface area contributed by atoms with E-state index in [1.807, 2.05) is 6.07 Å². The zero-order chi connectivity index (χ0) is 15.4. The number of carbonyl (C=O) groups is 2. The van der Waals surface area contributed by atoms with Crippen molar-refractivity contribution in [3.63, 3.8) is 0 Å². The second kappa shape index (κ2) is 6.23. The lowest BCUT2D eigenvalue weighted by atomic mass is 10.1. The van der Waals surface area contributed by atoms with Crippen molar-refractivity contribution in [1.29, 1.82) is 0 Å². The van der Waals surface area contributed by atoms with Crippen LogP contribution >= 0.6 is 0 Å². The third-order valence-corrected chi connectivity index (χ3v) is 2.91. The van der Waals surface area contributed by atoms with E-state index in [-0.39, 0.29) is 17.3 Å². The van der Waals surface area contributed by atoms with Crippen LogP contribution in [0.4, 0.5) is 5.69 Å². The highest BCUT2D eigenvalue weighted by molar-refractivity contribution is 6.07. The zero-order valence-electron chi connectivity index (χ0n) is 11.8. The molecular formula is C15H16N2O4. The van der Waals surface area contributed by atoms with E-state index < -0.39 is 5.97 Å². The molecule has 1 aromatic carbocycles. The van der Waals surface area contributed by atoms with Crippen LogP contribution in [0.2, 0.25) is 0 Å². The maximum atomic E-state index is 12.2. The first kappa shape index (κ1) is 14.8. The predicted octanol–water partition coefficient (Wildman–Crippen LogP) is 2.42. The monoisotopic (exact) mass is 288 g/mol. The van der Waals surface area contributed by atoms with Crippen LogP contribution in [-0.4, -0.2) is 29.1 Å². The summed E-state index contributed by atoms with van der Waals surface area (Å²) < 4.78 is 5.02. The van der Waals surface area contributed by atoms with Gasteiger partial charge in [0.2, 0.25) is 0 Å². The van der Waals surface area contributed by atoms with E-state index in [1.165, 1.54) is 0 Å². The predicted molar refractivity (Wildman–Crippen MR) is 77.6 cm³/mol. The number of anilines is 1. The van der Waals surface area contributed by atoms with Gasteiger partial charge < -0.3 is 20.1 Å². The number of amides is 1. The van der Waals surface area contributed by atoms with E-state index in [1.54, 1.807) is 38.3 Å². The van der Waals surface area contributed by atoms with Crippen molar-refractivity contribution >= 4 is 17.6 Å². The van der Waals surface area contributed by atoms with E-state index in [2.05, 4.69) is 10.3 Å². The standard InChI is InChI=1S/C15H16N2O4/c1-9-6-12(13(16-9)15(19)20)17-14(18)11-5-3-4-10(7-11)8-21-2/h3-7,16H,8H2,1-2H3,(H,17,18)(H,19,20). The smallest absolute Gasteiger partial charge is 0.354 e. The fourth-order valence-electron chi connectivity index (χ4n) is 2.02. The number of hydrogen-bond acceptors (Lipinski definition) is 3. The van der Waals surface area contributed by atoms with Gasteiger partial charge in [0.25, 0.3) is 5.91 Å². The number of rotatable bonds is 5. The number of aryl methyl sites for hydroxylation is 1. The van der Waals surface area contributed by atoms with Crippen molar-refractivity contribution in [1.82, 2.24) is 4.98 Å². The number of carbonyl (C=O) groups excluding carboxylic acids is 1. The first-order valence-corrected chi connectivity index (χ1v) is 6.33. The Balaban J connectivity index is 2.22. The molecule has 0 spiro atoms. The minimum Gasteiger partial charge on any atom is -0.477 e. The Kier molecular flexibility index (Phi) is 4.39. The van der Waals surface area contributed by atoms with Gasteiger partial charge in [0, 0.05) is 18.4 Å². The van der Waals surface area contributed by atoms with Crippen LogP contribution in [0.25, 0.3) is 0 Å². The molecule has 0 bridgehead atoms. The van der Waals surface area contributed by atoms with Crippen LogP contribution in [-0.2, 0) is 11.3 Å². The maximum Gasteiger partial charge on any atom is 0.354 e. The van der Waals surface area contributed by atoms with Crippen molar-refractivity contribution in [3.05, 3.63) is 52.8 Å². The molecule has 6 heteroatoms. The van der Waals surface area contributed by atoms with Crippen LogP contribution in [0.5, 0.6) is 0 Å². The molecule has 2 rings (SSSR count). The number of aromatic amines is 1. The molecule has 0 saturated carbocycles. The summed E-state index contributed by atoms with van der Waals surface area (Å²) in [4.78, 5) is 26.0. The first-order chi connectivity index (χ1) is 10.0. The quantitative estimate of drug-likeness (QED) is 0.788. The topological polar surface area (TPSA) is 91.4 Å². The summed E-state index contributed by atoms with van der Waals surface area (Å²) in [7, 11) is 1.58. The average Bonchev–Trinajstić information content (AvgIpc) is 2.80. The highest BCUT2D eigenvalue weighted by Crippen LogP contribution is 2.18. The fraction of sp³-hybridized carbons (Fsp3) is 0.200. The van der Waals surface area contributed by atoms with Gasteiger partial charge >= 0.3 is 5.97 Å². The van der Waals surface area contributed by atoms with Gasteiger partial charge in [-0.3, -0.25) is 4.79 Å². The Bertz CT molecular complexity index is 676. The Morgan fingerprint density at radius 1 is 1.33 bits per heavy atom. The Morgan fingerprint density at radius 3 is 2.76 bits per heavy atom. The Hall–Kier alpha value is -2.60.